The van der Waals surface area contributed by atoms with Gasteiger partial charge in [0.2, 0.25) is 5.75 Å². The fourth-order valence-corrected chi connectivity index (χ4v) is 5.29. The molecule has 1 atom stereocenters. The first-order valence-corrected chi connectivity index (χ1v) is 12.3. The maximum atomic E-state index is 13.8. The third-order valence-corrected chi connectivity index (χ3v) is 6.96. The summed E-state index contributed by atoms with van der Waals surface area (Å²) in [5.74, 6) is 0.835. The minimum absolute atomic E-state index is 0.201. The summed E-state index contributed by atoms with van der Waals surface area (Å²) in [5.41, 5.74) is 1.84. The highest BCUT2D eigenvalue weighted by Crippen LogP contribution is 2.40. The molecule has 1 aliphatic rings. The average molecular weight is 529 g/mol. The van der Waals surface area contributed by atoms with Crippen molar-refractivity contribution >= 4 is 35.0 Å². The van der Waals surface area contributed by atoms with Crippen molar-refractivity contribution in [2.45, 2.75) is 19.9 Å². The summed E-state index contributed by atoms with van der Waals surface area (Å²) in [6.45, 7) is 3.67. The summed E-state index contributed by atoms with van der Waals surface area (Å²) in [7, 11) is 4.57. The van der Waals surface area contributed by atoms with Crippen LogP contribution in [-0.2, 0) is 9.53 Å². The number of esters is 1. The first kappa shape index (κ1) is 25.5. The van der Waals surface area contributed by atoms with Gasteiger partial charge in [-0.05, 0) is 49.8 Å². The topological polar surface area (TPSA) is 88.4 Å². The standard InChI is InChI=1S/C26H25ClN2O6S/c1-6-35-25(31)20-14(2)28-26-29(21(20)15-7-10-17(27)11-8-15)24(30)19(36-26)13-16-9-12-18(32-3)23(34-5)22(16)33-4/h7-13,21H,6H2,1-5H3/b19-13-/t21-/m0/s1. The number of carbonyl (C=O) groups is 1. The molecule has 188 valence electrons. The Hall–Kier alpha value is -3.56. The Morgan fingerprint density at radius 3 is 2.39 bits per heavy atom. The van der Waals surface area contributed by atoms with Crippen molar-refractivity contribution in [2.75, 3.05) is 27.9 Å². The quantitative estimate of drug-likeness (QED) is 0.436. The number of aromatic nitrogens is 1. The number of allylic oxidation sites excluding steroid dienone is 1. The van der Waals surface area contributed by atoms with E-state index >= 15 is 0 Å². The zero-order valence-corrected chi connectivity index (χ0v) is 22.0. The summed E-state index contributed by atoms with van der Waals surface area (Å²) in [6, 6.07) is 9.83. The lowest BCUT2D eigenvalue weighted by Gasteiger charge is -2.24. The van der Waals surface area contributed by atoms with Crippen LogP contribution in [0.4, 0.5) is 0 Å². The van der Waals surface area contributed by atoms with Crippen molar-refractivity contribution in [3.8, 4) is 17.2 Å². The van der Waals surface area contributed by atoms with Crippen LogP contribution in [0.25, 0.3) is 6.08 Å². The number of rotatable bonds is 7. The molecule has 4 rings (SSSR count). The predicted molar refractivity (Wildman–Crippen MR) is 138 cm³/mol. The average Bonchev–Trinajstić information content (AvgIpc) is 3.17. The van der Waals surface area contributed by atoms with Crippen molar-refractivity contribution < 1.29 is 23.7 Å². The number of halogens is 1. The number of ether oxygens (including phenoxy) is 4. The van der Waals surface area contributed by atoms with Gasteiger partial charge in [-0.2, -0.15) is 0 Å². The third kappa shape index (κ3) is 4.52. The molecule has 0 N–H and O–H groups in total. The highest BCUT2D eigenvalue weighted by Gasteiger charge is 2.33. The lowest BCUT2D eigenvalue weighted by Crippen LogP contribution is -2.39. The van der Waals surface area contributed by atoms with Gasteiger partial charge in [-0.3, -0.25) is 9.36 Å². The van der Waals surface area contributed by atoms with E-state index in [2.05, 4.69) is 4.99 Å². The molecular weight excluding hydrogens is 504 g/mol. The Kier molecular flexibility index (Phi) is 7.51. The molecule has 36 heavy (non-hydrogen) atoms. The molecule has 0 fully saturated rings. The molecule has 0 bridgehead atoms. The fourth-order valence-electron chi connectivity index (χ4n) is 4.13. The molecule has 0 aliphatic carbocycles. The fraction of sp³-hybridized carbons (Fsp3) is 0.269. The molecule has 0 amide bonds. The maximum Gasteiger partial charge on any atom is 0.338 e. The van der Waals surface area contributed by atoms with Crippen LogP contribution in [0.1, 0.15) is 31.0 Å². The van der Waals surface area contributed by atoms with E-state index in [0.717, 1.165) is 0 Å². The summed E-state index contributed by atoms with van der Waals surface area (Å²) in [4.78, 5) is 31.8. The van der Waals surface area contributed by atoms with Crippen LogP contribution >= 0.6 is 22.9 Å². The van der Waals surface area contributed by atoms with Crippen LogP contribution in [0, 0.1) is 0 Å². The van der Waals surface area contributed by atoms with E-state index in [1.54, 1.807) is 56.3 Å². The Labute approximate surface area is 216 Å². The molecule has 1 aliphatic heterocycles. The molecule has 2 heterocycles. The maximum absolute atomic E-state index is 13.8. The smallest absolute Gasteiger partial charge is 0.338 e. The van der Waals surface area contributed by atoms with E-state index in [4.69, 9.17) is 30.5 Å². The minimum atomic E-state index is -0.716. The number of hydrogen-bond donors (Lipinski definition) is 0. The summed E-state index contributed by atoms with van der Waals surface area (Å²) in [6.07, 6.45) is 1.72. The number of nitrogens with zero attached hydrogens (tertiary/aromatic N) is 2. The van der Waals surface area contributed by atoms with Crippen molar-refractivity contribution in [1.82, 2.24) is 4.57 Å². The van der Waals surface area contributed by atoms with Gasteiger partial charge in [0.15, 0.2) is 16.3 Å². The molecule has 10 heteroatoms. The summed E-state index contributed by atoms with van der Waals surface area (Å²) < 4.78 is 23.7. The first-order valence-electron chi connectivity index (χ1n) is 11.1. The highest BCUT2D eigenvalue weighted by atomic mass is 35.5. The third-order valence-electron chi connectivity index (χ3n) is 5.72. The number of benzene rings is 2. The van der Waals surface area contributed by atoms with Gasteiger partial charge >= 0.3 is 5.97 Å². The van der Waals surface area contributed by atoms with E-state index in [9.17, 15) is 9.59 Å². The van der Waals surface area contributed by atoms with Gasteiger partial charge in [-0.25, -0.2) is 9.79 Å². The van der Waals surface area contributed by atoms with Gasteiger partial charge in [0.05, 0.1) is 49.8 Å². The molecule has 0 radical (unpaired) electrons. The lowest BCUT2D eigenvalue weighted by atomic mass is 9.96. The normalized spacial score (nSPS) is 15.3. The zero-order valence-electron chi connectivity index (χ0n) is 20.5. The van der Waals surface area contributed by atoms with Crippen LogP contribution < -0.4 is 29.1 Å². The van der Waals surface area contributed by atoms with E-state index in [1.807, 2.05) is 0 Å². The van der Waals surface area contributed by atoms with Gasteiger partial charge in [0.1, 0.15) is 0 Å². The lowest BCUT2D eigenvalue weighted by molar-refractivity contribution is -0.139. The van der Waals surface area contributed by atoms with Crippen molar-refractivity contribution in [3.05, 3.63) is 83.5 Å². The predicted octanol–water partition coefficient (Wildman–Crippen LogP) is 3.48. The molecule has 8 nitrogen and oxygen atoms in total. The number of hydrogen-bond acceptors (Lipinski definition) is 8. The number of carbonyl (C=O) groups excluding carboxylic acids is 1. The second-order valence-electron chi connectivity index (χ2n) is 7.78. The van der Waals surface area contributed by atoms with Crippen molar-refractivity contribution in [3.63, 3.8) is 0 Å². The number of methoxy groups -OCH3 is 3. The zero-order chi connectivity index (χ0) is 26.0. The SMILES string of the molecule is CCOC(=O)C1=C(C)N=c2s/c(=C\c3ccc(OC)c(OC)c3OC)c(=O)n2[C@H]1c1ccc(Cl)cc1. The first-order chi connectivity index (χ1) is 17.3. The van der Waals surface area contributed by atoms with E-state index < -0.39 is 12.0 Å². The second-order valence-corrected chi connectivity index (χ2v) is 9.22. The highest BCUT2D eigenvalue weighted by molar-refractivity contribution is 7.07. The van der Waals surface area contributed by atoms with Crippen LogP contribution in [0.5, 0.6) is 17.2 Å². The molecule has 3 aromatic rings. The molecule has 0 unspecified atom stereocenters. The minimum Gasteiger partial charge on any atom is -0.493 e. The second kappa shape index (κ2) is 10.6. The summed E-state index contributed by atoms with van der Waals surface area (Å²) in [5, 5.41) is 0.546. The summed E-state index contributed by atoms with van der Waals surface area (Å²) >= 11 is 7.32. The van der Waals surface area contributed by atoms with E-state index in [1.165, 1.54) is 37.2 Å². The number of fused-ring (bicyclic) bond motifs is 1. The largest absolute Gasteiger partial charge is 0.493 e. The van der Waals surface area contributed by atoms with Crippen LogP contribution in [0.15, 0.2) is 57.5 Å². The molecule has 0 spiro atoms. The van der Waals surface area contributed by atoms with Gasteiger partial charge in [0.25, 0.3) is 5.56 Å². The monoisotopic (exact) mass is 528 g/mol. The molecule has 2 aromatic carbocycles. The molecule has 1 aromatic heterocycles. The van der Waals surface area contributed by atoms with Crippen LogP contribution in [0.3, 0.4) is 0 Å². The Morgan fingerprint density at radius 2 is 1.78 bits per heavy atom. The Morgan fingerprint density at radius 1 is 1.08 bits per heavy atom. The van der Waals surface area contributed by atoms with Gasteiger partial charge in [-0.1, -0.05) is 35.1 Å². The van der Waals surface area contributed by atoms with Gasteiger partial charge in [0, 0.05) is 10.6 Å². The Balaban J connectivity index is 1.97. The number of thiazole rings is 1. The van der Waals surface area contributed by atoms with E-state index in [-0.39, 0.29) is 12.2 Å². The van der Waals surface area contributed by atoms with Gasteiger partial charge in [-0.15, -0.1) is 0 Å². The van der Waals surface area contributed by atoms with Crippen LogP contribution in [0.2, 0.25) is 5.02 Å². The molecule has 0 saturated heterocycles. The molecule has 0 saturated carbocycles. The van der Waals surface area contributed by atoms with E-state index in [0.29, 0.717) is 54.0 Å². The molecular formula is C26H25ClN2O6S. The van der Waals surface area contributed by atoms with Crippen molar-refractivity contribution in [2.24, 2.45) is 4.99 Å². The van der Waals surface area contributed by atoms with Crippen molar-refractivity contribution in [1.29, 1.82) is 0 Å². The van der Waals surface area contributed by atoms with Gasteiger partial charge < -0.3 is 18.9 Å². The Bertz CT molecular complexity index is 1520. The van der Waals surface area contributed by atoms with Crippen LogP contribution in [-0.4, -0.2) is 38.5 Å².